The number of halogens is 1. The highest BCUT2D eigenvalue weighted by atomic mass is 35.5. The topological polar surface area (TPSA) is 76.6 Å². The molecule has 0 aliphatic carbocycles. The van der Waals surface area contributed by atoms with E-state index in [1.807, 2.05) is 6.92 Å². The second-order valence-corrected chi connectivity index (χ2v) is 7.80. The Morgan fingerprint density at radius 1 is 1.29 bits per heavy atom. The summed E-state index contributed by atoms with van der Waals surface area (Å²) >= 11 is 1.43. The van der Waals surface area contributed by atoms with Gasteiger partial charge in [0.1, 0.15) is 11.4 Å². The zero-order valence-electron chi connectivity index (χ0n) is 16.9. The van der Waals surface area contributed by atoms with Gasteiger partial charge in [-0.2, -0.15) is 4.98 Å². The molecule has 0 spiro atoms. The fourth-order valence-electron chi connectivity index (χ4n) is 3.63. The van der Waals surface area contributed by atoms with Gasteiger partial charge < -0.3 is 19.7 Å². The summed E-state index contributed by atoms with van der Waals surface area (Å²) in [7, 11) is 3.20. The Hall–Kier alpha value is -1.48. The molecule has 3 rings (SSSR count). The van der Waals surface area contributed by atoms with Crippen LogP contribution in [-0.4, -0.2) is 60.7 Å². The third kappa shape index (κ3) is 4.56. The first-order chi connectivity index (χ1) is 13.1. The number of aryl methyl sites for hydroxylation is 1. The van der Waals surface area contributed by atoms with Crippen molar-refractivity contribution < 1.29 is 14.3 Å². The minimum Gasteiger partial charge on any atom is -0.480 e. The quantitative estimate of drug-likeness (QED) is 0.729. The molecule has 9 heteroatoms. The number of fused-ring (bicyclic) bond motifs is 1. The van der Waals surface area contributed by atoms with Crippen LogP contribution in [0.25, 0.3) is 10.2 Å². The van der Waals surface area contributed by atoms with Crippen LogP contribution in [0.5, 0.6) is 5.88 Å². The standard InChI is InChI=1S/C19H28N4O3S.ClH/c1-5-10-23(13-6-8-20-9-7-13)19(24)16-12(2)15-17(26-4)21-14(11-25-3)22-18(15)27-16;/h13,20H,5-11H2,1-4H3;1H. The second kappa shape index (κ2) is 10.3. The predicted molar refractivity (Wildman–Crippen MR) is 114 cm³/mol. The number of carbonyl (C=O) groups is 1. The van der Waals surface area contributed by atoms with E-state index in [0.29, 0.717) is 24.4 Å². The van der Waals surface area contributed by atoms with Crippen molar-refractivity contribution in [3.8, 4) is 5.88 Å². The largest absolute Gasteiger partial charge is 0.480 e. The fourth-order valence-corrected chi connectivity index (χ4v) is 4.78. The number of rotatable bonds is 7. The monoisotopic (exact) mass is 428 g/mol. The molecule has 0 bridgehead atoms. The van der Waals surface area contributed by atoms with Gasteiger partial charge in [-0.15, -0.1) is 23.7 Å². The average Bonchev–Trinajstić information content (AvgIpc) is 3.02. The van der Waals surface area contributed by atoms with Crippen LogP contribution in [0.1, 0.15) is 47.2 Å². The van der Waals surface area contributed by atoms with Crippen molar-refractivity contribution in [1.82, 2.24) is 20.2 Å². The Labute approximate surface area is 176 Å². The van der Waals surface area contributed by atoms with Gasteiger partial charge in [-0.05, 0) is 44.8 Å². The number of piperidine rings is 1. The summed E-state index contributed by atoms with van der Waals surface area (Å²) in [6.07, 6.45) is 2.94. The molecule has 0 atom stereocenters. The number of nitrogens with one attached hydrogen (secondary N) is 1. The zero-order chi connectivity index (χ0) is 19.4. The molecule has 1 aliphatic heterocycles. The van der Waals surface area contributed by atoms with Crippen molar-refractivity contribution in [3.05, 3.63) is 16.3 Å². The van der Waals surface area contributed by atoms with Gasteiger partial charge in [0.25, 0.3) is 5.91 Å². The van der Waals surface area contributed by atoms with Crippen LogP contribution in [0.15, 0.2) is 0 Å². The Morgan fingerprint density at radius 3 is 2.61 bits per heavy atom. The van der Waals surface area contributed by atoms with Crippen LogP contribution in [0.4, 0.5) is 0 Å². The van der Waals surface area contributed by atoms with Gasteiger partial charge in [-0.1, -0.05) is 6.92 Å². The minimum atomic E-state index is 0. The van der Waals surface area contributed by atoms with Crippen LogP contribution in [0.2, 0.25) is 0 Å². The van der Waals surface area contributed by atoms with Crippen LogP contribution in [-0.2, 0) is 11.3 Å². The Morgan fingerprint density at radius 2 is 2.00 bits per heavy atom. The van der Waals surface area contributed by atoms with Gasteiger partial charge >= 0.3 is 0 Å². The van der Waals surface area contributed by atoms with Crippen molar-refractivity contribution in [2.24, 2.45) is 0 Å². The number of carbonyl (C=O) groups excluding carboxylic acids is 1. The summed E-state index contributed by atoms with van der Waals surface area (Å²) < 4.78 is 10.6. The smallest absolute Gasteiger partial charge is 0.264 e. The van der Waals surface area contributed by atoms with Gasteiger partial charge in [0.2, 0.25) is 5.88 Å². The van der Waals surface area contributed by atoms with Gasteiger partial charge in [-0.3, -0.25) is 4.79 Å². The molecule has 1 saturated heterocycles. The third-order valence-electron chi connectivity index (χ3n) is 4.94. The van der Waals surface area contributed by atoms with E-state index in [9.17, 15) is 4.79 Å². The number of hydrogen-bond donors (Lipinski definition) is 1. The molecule has 2 aromatic heterocycles. The van der Waals surface area contributed by atoms with Crippen molar-refractivity contribution in [1.29, 1.82) is 0 Å². The van der Waals surface area contributed by atoms with Crippen molar-refractivity contribution >= 4 is 39.9 Å². The van der Waals surface area contributed by atoms with E-state index in [2.05, 4.69) is 27.1 Å². The third-order valence-corrected chi connectivity index (χ3v) is 6.11. The maximum Gasteiger partial charge on any atom is 0.264 e. The number of thiophene rings is 1. The molecule has 2 aromatic rings. The van der Waals surface area contributed by atoms with E-state index < -0.39 is 0 Å². The van der Waals surface area contributed by atoms with Gasteiger partial charge in [-0.25, -0.2) is 4.98 Å². The molecule has 3 heterocycles. The molecule has 0 aromatic carbocycles. The van der Waals surface area contributed by atoms with E-state index in [0.717, 1.165) is 59.6 Å². The molecule has 1 fully saturated rings. The van der Waals surface area contributed by atoms with Gasteiger partial charge in [0.15, 0.2) is 5.82 Å². The molecular weight excluding hydrogens is 400 g/mol. The van der Waals surface area contributed by atoms with Gasteiger partial charge in [0, 0.05) is 19.7 Å². The summed E-state index contributed by atoms with van der Waals surface area (Å²) in [4.78, 5) is 26.0. The van der Waals surface area contributed by atoms with E-state index in [4.69, 9.17) is 9.47 Å². The van der Waals surface area contributed by atoms with E-state index in [1.165, 1.54) is 11.3 Å². The Balaban J connectivity index is 0.00000280. The fraction of sp³-hybridized carbons (Fsp3) is 0.632. The SMILES string of the molecule is CCCN(C(=O)c1sc2nc(COC)nc(OC)c2c1C)C1CCNCC1.Cl. The average molecular weight is 429 g/mol. The lowest BCUT2D eigenvalue weighted by atomic mass is 10.0. The molecule has 1 aliphatic rings. The molecule has 0 saturated carbocycles. The van der Waals surface area contributed by atoms with E-state index in [-0.39, 0.29) is 18.3 Å². The summed E-state index contributed by atoms with van der Waals surface area (Å²) in [6.45, 7) is 7.08. The lowest BCUT2D eigenvalue weighted by molar-refractivity contribution is 0.0647. The highest BCUT2D eigenvalue weighted by Gasteiger charge is 2.29. The Kier molecular flexibility index (Phi) is 8.42. The first-order valence-corrected chi connectivity index (χ1v) is 10.3. The lowest BCUT2D eigenvalue weighted by Crippen LogP contribution is -2.46. The van der Waals surface area contributed by atoms with E-state index >= 15 is 0 Å². The van der Waals surface area contributed by atoms with Gasteiger partial charge in [0.05, 0.1) is 17.4 Å². The first kappa shape index (κ1) is 22.8. The predicted octanol–water partition coefficient (Wildman–Crippen LogP) is 3.18. The van der Waals surface area contributed by atoms with Crippen molar-refractivity contribution in [2.45, 2.75) is 45.8 Å². The second-order valence-electron chi connectivity index (χ2n) is 6.80. The first-order valence-electron chi connectivity index (χ1n) is 9.45. The molecule has 0 radical (unpaired) electrons. The Bertz CT molecular complexity index is 808. The number of ether oxygens (including phenoxy) is 2. The summed E-state index contributed by atoms with van der Waals surface area (Å²) in [6, 6.07) is 0.292. The number of aromatic nitrogens is 2. The summed E-state index contributed by atoms with van der Waals surface area (Å²) in [5.41, 5.74) is 0.899. The molecule has 0 unspecified atom stereocenters. The highest BCUT2D eigenvalue weighted by Crippen LogP contribution is 2.36. The zero-order valence-corrected chi connectivity index (χ0v) is 18.5. The van der Waals surface area contributed by atoms with Crippen LogP contribution in [0.3, 0.4) is 0 Å². The number of amides is 1. The molecule has 1 amide bonds. The minimum absolute atomic E-state index is 0. The van der Waals surface area contributed by atoms with Crippen molar-refractivity contribution in [3.63, 3.8) is 0 Å². The molecule has 156 valence electrons. The normalized spacial score (nSPS) is 14.7. The van der Waals surface area contributed by atoms with Crippen LogP contribution in [0, 0.1) is 6.92 Å². The lowest BCUT2D eigenvalue weighted by Gasteiger charge is -2.34. The maximum atomic E-state index is 13.4. The van der Waals surface area contributed by atoms with Crippen LogP contribution < -0.4 is 10.1 Å². The molecule has 7 nitrogen and oxygen atoms in total. The number of hydrogen-bond acceptors (Lipinski definition) is 7. The highest BCUT2D eigenvalue weighted by molar-refractivity contribution is 7.20. The number of methoxy groups -OCH3 is 2. The van der Waals surface area contributed by atoms with E-state index in [1.54, 1.807) is 14.2 Å². The van der Waals surface area contributed by atoms with Crippen LogP contribution >= 0.6 is 23.7 Å². The summed E-state index contributed by atoms with van der Waals surface area (Å²) in [5, 5.41) is 4.20. The maximum absolute atomic E-state index is 13.4. The summed E-state index contributed by atoms with van der Waals surface area (Å²) in [5.74, 6) is 1.16. The molecule has 28 heavy (non-hydrogen) atoms. The molecular formula is C19H29ClN4O3S. The number of nitrogens with zero attached hydrogens (tertiary/aromatic N) is 3. The molecule has 1 N–H and O–H groups in total. The van der Waals surface area contributed by atoms with Crippen molar-refractivity contribution in [2.75, 3.05) is 33.9 Å².